The van der Waals surface area contributed by atoms with Gasteiger partial charge in [0.25, 0.3) is 0 Å². The average Bonchev–Trinajstić information content (AvgIpc) is 2.38. The first-order chi connectivity index (χ1) is 8.89. The van der Waals surface area contributed by atoms with Gasteiger partial charge in [-0.3, -0.25) is 5.73 Å². The van der Waals surface area contributed by atoms with Gasteiger partial charge in [-0.05, 0) is 24.0 Å². The van der Waals surface area contributed by atoms with Crippen molar-refractivity contribution in [3.8, 4) is 11.8 Å². The van der Waals surface area contributed by atoms with Crippen LogP contribution in [0.15, 0.2) is 24.3 Å². The first-order valence-electron chi connectivity index (χ1n) is 6.10. The number of para-hydroxylation sites is 1. The molecule has 0 bridgehead atoms. The minimum absolute atomic E-state index is 0.0500. The summed E-state index contributed by atoms with van der Waals surface area (Å²) in [5, 5.41) is 28.1. The summed E-state index contributed by atoms with van der Waals surface area (Å²) < 4.78 is 5.41. The van der Waals surface area contributed by atoms with Crippen LogP contribution in [0.1, 0.15) is 25.8 Å². The highest BCUT2D eigenvalue weighted by molar-refractivity contribution is 5.42. The molecule has 0 fully saturated rings. The van der Waals surface area contributed by atoms with Crippen molar-refractivity contribution in [2.24, 2.45) is 11.1 Å². The van der Waals surface area contributed by atoms with E-state index in [4.69, 9.17) is 20.8 Å². The summed E-state index contributed by atoms with van der Waals surface area (Å²) >= 11 is 0. The molecule has 5 heteroatoms. The summed E-state index contributed by atoms with van der Waals surface area (Å²) in [5.74, 6) is 0.346. The second-order valence-corrected chi connectivity index (χ2v) is 5.28. The Balaban J connectivity index is 2.69. The quantitative estimate of drug-likeness (QED) is 0.665. The molecule has 2 unspecified atom stereocenters. The molecule has 0 radical (unpaired) electrons. The maximum atomic E-state index is 9.97. The van der Waals surface area contributed by atoms with Crippen molar-refractivity contribution in [3.63, 3.8) is 0 Å². The molecule has 2 atom stereocenters. The van der Waals surface area contributed by atoms with Crippen LogP contribution in [-0.4, -0.2) is 29.2 Å². The number of hydrogen-bond donors (Lipinski definition) is 3. The van der Waals surface area contributed by atoms with Gasteiger partial charge < -0.3 is 14.9 Å². The fraction of sp³-hybridized carbons (Fsp3) is 0.500. The Labute approximate surface area is 113 Å². The maximum absolute atomic E-state index is 9.97. The van der Waals surface area contributed by atoms with Gasteiger partial charge in [-0.25, -0.2) is 0 Å². The summed E-state index contributed by atoms with van der Waals surface area (Å²) in [6.45, 7) is 3.60. The van der Waals surface area contributed by atoms with Gasteiger partial charge in [-0.15, -0.1) is 0 Å². The van der Waals surface area contributed by atoms with Crippen LogP contribution in [-0.2, 0) is 0 Å². The lowest BCUT2D eigenvalue weighted by Crippen LogP contribution is -2.42. The lowest BCUT2D eigenvalue weighted by molar-refractivity contribution is -0.00147. The largest absolute Gasteiger partial charge is 0.471 e. The van der Waals surface area contributed by atoms with Crippen molar-refractivity contribution < 1.29 is 14.9 Å². The minimum Gasteiger partial charge on any atom is -0.471 e. The van der Waals surface area contributed by atoms with Crippen LogP contribution in [0.4, 0.5) is 0 Å². The lowest BCUT2D eigenvalue weighted by Gasteiger charge is -2.28. The molecule has 4 N–H and O–H groups in total. The summed E-state index contributed by atoms with van der Waals surface area (Å²) in [4.78, 5) is 0. The third-order valence-electron chi connectivity index (χ3n) is 2.84. The van der Waals surface area contributed by atoms with Crippen molar-refractivity contribution in [1.82, 2.24) is 0 Å². The van der Waals surface area contributed by atoms with Gasteiger partial charge in [0.15, 0.2) is 6.23 Å². The molecule has 0 aliphatic rings. The highest BCUT2D eigenvalue weighted by Gasteiger charge is 2.26. The smallest absolute Gasteiger partial charge is 0.173 e. The topological polar surface area (TPSA) is 99.5 Å². The van der Waals surface area contributed by atoms with Crippen LogP contribution in [0.25, 0.3) is 0 Å². The Kier molecular flexibility index (Phi) is 5.31. The minimum atomic E-state index is -0.944. The van der Waals surface area contributed by atoms with E-state index in [1.54, 1.807) is 24.3 Å². The molecule has 1 aromatic rings. The van der Waals surface area contributed by atoms with Gasteiger partial charge in [-0.2, -0.15) is 5.26 Å². The van der Waals surface area contributed by atoms with E-state index in [0.29, 0.717) is 17.7 Å². The van der Waals surface area contributed by atoms with Gasteiger partial charge >= 0.3 is 0 Å². The standard InChI is InChI=1S/C14H20N2O3/c1-14(2,9-17)7-11(18)13(16)19-12-6-4-3-5-10(12)8-15/h3-6,11,13,17-18H,7,9,16H2,1-2H3. The highest BCUT2D eigenvalue weighted by atomic mass is 16.5. The van der Waals surface area contributed by atoms with Crippen LogP contribution in [0.2, 0.25) is 0 Å². The molecule has 1 aromatic carbocycles. The number of rotatable bonds is 6. The lowest BCUT2D eigenvalue weighted by atomic mass is 9.87. The highest BCUT2D eigenvalue weighted by Crippen LogP contribution is 2.24. The first-order valence-corrected chi connectivity index (χ1v) is 6.10. The molecule has 104 valence electrons. The fourth-order valence-electron chi connectivity index (χ4n) is 1.63. The van der Waals surface area contributed by atoms with E-state index >= 15 is 0 Å². The average molecular weight is 264 g/mol. The molecule has 1 rings (SSSR count). The zero-order valence-corrected chi connectivity index (χ0v) is 11.2. The van der Waals surface area contributed by atoms with Crippen molar-refractivity contribution in [2.75, 3.05) is 6.61 Å². The monoisotopic (exact) mass is 264 g/mol. The van der Waals surface area contributed by atoms with Gasteiger partial charge in [0.2, 0.25) is 0 Å². The third-order valence-corrected chi connectivity index (χ3v) is 2.84. The Morgan fingerprint density at radius 1 is 1.42 bits per heavy atom. The van der Waals surface area contributed by atoms with Crippen LogP contribution >= 0.6 is 0 Å². The molecule has 0 saturated heterocycles. The van der Waals surface area contributed by atoms with Crippen molar-refractivity contribution in [1.29, 1.82) is 5.26 Å². The van der Waals surface area contributed by atoms with E-state index in [2.05, 4.69) is 0 Å². The SMILES string of the molecule is CC(C)(CO)CC(O)C(N)Oc1ccccc1C#N. The second kappa shape index (κ2) is 6.53. The molecule has 0 saturated carbocycles. The van der Waals surface area contributed by atoms with Crippen LogP contribution in [0, 0.1) is 16.7 Å². The zero-order valence-electron chi connectivity index (χ0n) is 11.2. The Bertz CT molecular complexity index is 454. The van der Waals surface area contributed by atoms with Crippen LogP contribution in [0.3, 0.4) is 0 Å². The summed E-state index contributed by atoms with van der Waals surface area (Å²) in [6, 6.07) is 8.70. The van der Waals surface area contributed by atoms with E-state index in [1.807, 2.05) is 19.9 Å². The predicted octanol–water partition coefficient (Wildman–Crippen LogP) is 0.991. The molecular weight excluding hydrogens is 244 g/mol. The molecule has 0 aliphatic heterocycles. The molecule has 19 heavy (non-hydrogen) atoms. The van der Waals surface area contributed by atoms with Crippen molar-refractivity contribution >= 4 is 0 Å². The number of hydrogen-bond acceptors (Lipinski definition) is 5. The first kappa shape index (κ1) is 15.4. The summed E-state index contributed by atoms with van der Waals surface area (Å²) in [6.07, 6.45) is -1.56. The van der Waals surface area contributed by atoms with Crippen LogP contribution < -0.4 is 10.5 Å². The van der Waals surface area contributed by atoms with E-state index in [1.165, 1.54) is 0 Å². The molecular formula is C14H20N2O3. The zero-order chi connectivity index (χ0) is 14.5. The number of aliphatic hydroxyl groups is 2. The molecule has 5 nitrogen and oxygen atoms in total. The van der Waals surface area contributed by atoms with Crippen molar-refractivity contribution in [2.45, 2.75) is 32.6 Å². The molecule has 0 aliphatic carbocycles. The number of ether oxygens (including phenoxy) is 1. The third kappa shape index (κ3) is 4.52. The second-order valence-electron chi connectivity index (χ2n) is 5.28. The van der Waals surface area contributed by atoms with Gasteiger partial charge in [0.1, 0.15) is 17.9 Å². The molecule has 0 heterocycles. The summed E-state index contributed by atoms with van der Waals surface area (Å²) in [7, 11) is 0. The molecule has 0 spiro atoms. The van der Waals surface area contributed by atoms with Crippen molar-refractivity contribution in [3.05, 3.63) is 29.8 Å². The number of nitrogens with two attached hydrogens (primary N) is 1. The number of nitriles is 1. The molecule has 0 amide bonds. The van der Waals surface area contributed by atoms with Crippen LogP contribution in [0.5, 0.6) is 5.75 Å². The number of aliphatic hydroxyl groups excluding tert-OH is 2. The van der Waals surface area contributed by atoms with E-state index in [9.17, 15) is 5.11 Å². The predicted molar refractivity (Wildman–Crippen MR) is 71.3 cm³/mol. The van der Waals surface area contributed by atoms with Gasteiger partial charge in [-0.1, -0.05) is 26.0 Å². The fourth-order valence-corrected chi connectivity index (χ4v) is 1.63. The Hall–Kier alpha value is -1.61. The van der Waals surface area contributed by atoms with E-state index in [-0.39, 0.29) is 6.61 Å². The van der Waals surface area contributed by atoms with Gasteiger partial charge in [0.05, 0.1) is 5.56 Å². The summed E-state index contributed by atoms with van der Waals surface area (Å²) in [5.41, 5.74) is 5.70. The van der Waals surface area contributed by atoms with E-state index < -0.39 is 17.7 Å². The normalized spacial score (nSPS) is 14.5. The number of nitrogens with zero attached hydrogens (tertiary/aromatic N) is 1. The molecule has 0 aromatic heterocycles. The van der Waals surface area contributed by atoms with E-state index in [0.717, 1.165) is 0 Å². The number of benzene rings is 1. The Morgan fingerprint density at radius 2 is 2.05 bits per heavy atom. The van der Waals surface area contributed by atoms with Gasteiger partial charge in [0, 0.05) is 6.61 Å². The Morgan fingerprint density at radius 3 is 2.63 bits per heavy atom. The maximum Gasteiger partial charge on any atom is 0.173 e.